The van der Waals surface area contributed by atoms with Gasteiger partial charge >= 0.3 is 0 Å². The average Bonchev–Trinajstić information content (AvgIpc) is 2.59. The molecule has 0 saturated carbocycles. The molecule has 15 heavy (non-hydrogen) atoms. The molecule has 84 valence electrons. The summed E-state index contributed by atoms with van der Waals surface area (Å²) in [7, 11) is 0. The van der Waals surface area contributed by atoms with E-state index in [-0.39, 0.29) is 11.9 Å². The molecule has 0 fully saturated rings. The van der Waals surface area contributed by atoms with Gasteiger partial charge in [0.2, 0.25) is 0 Å². The fourth-order valence-corrected chi connectivity index (χ4v) is 1.33. The van der Waals surface area contributed by atoms with Gasteiger partial charge in [-0.05, 0) is 26.8 Å². The summed E-state index contributed by atoms with van der Waals surface area (Å²) in [4.78, 5) is 11.8. The van der Waals surface area contributed by atoms with E-state index < -0.39 is 0 Å². The highest BCUT2D eigenvalue weighted by atomic mass is 16.2. The molecule has 1 unspecified atom stereocenters. The number of amides is 1. The predicted octanol–water partition coefficient (Wildman–Crippen LogP) is 0.288. The molecular formula is C10H18N4O. The predicted molar refractivity (Wildman–Crippen MR) is 58.6 cm³/mol. The molecule has 1 atom stereocenters. The zero-order valence-corrected chi connectivity index (χ0v) is 9.45. The Balaban J connectivity index is 2.81. The summed E-state index contributed by atoms with van der Waals surface area (Å²) < 4.78 is 1.69. The third-order valence-electron chi connectivity index (χ3n) is 2.17. The summed E-state index contributed by atoms with van der Waals surface area (Å²) in [6, 6.07) is 1.76. The second-order valence-electron chi connectivity index (χ2n) is 3.60. The molecule has 1 aromatic heterocycles. The molecular weight excluding hydrogens is 192 g/mol. The Labute approximate surface area is 89.6 Å². The van der Waals surface area contributed by atoms with Gasteiger partial charge < -0.3 is 11.1 Å². The first-order valence-corrected chi connectivity index (χ1v) is 5.13. The first-order chi connectivity index (χ1) is 7.08. The number of aromatic nitrogens is 2. The molecule has 0 spiro atoms. The molecule has 1 aromatic rings. The second kappa shape index (κ2) is 4.93. The summed E-state index contributed by atoms with van der Waals surface area (Å²) in [5.41, 5.74) is 6.88. The van der Waals surface area contributed by atoms with Crippen molar-refractivity contribution >= 4 is 5.91 Å². The smallest absolute Gasteiger partial charge is 0.269 e. The van der Waals surface area contributed by atoms with Crippen molar-refractivity contribution in [1.82, 2.24) is 15.1 Å². The molecule has 0 aliphatic rings. The zero-order chi connectivity index (χ0) is 11.4. The van der Waals surface area contributed by atoms with Crippen molar-refractivity contribution in [3.05, 3.63) is 17.5 Å². The van der Waals surface area contributed by atoms with Crippen LogP contribution >= 0.6 is 0 Å². The van der Waals surface area contributed by atoms with Crippen LogP contribution in [0.15, 0.2) is 6.07 Å². The first-order valence-electron chi connectivity index (χ1n) is 5.13. The van der Waals surface area contributed by atoms with Gasteiger partial charge in [-0.3, -0.25) is 9.48 Å². The van der Waals surface area contributed by atoms with Crippen LogP contribution < -0.4 is 11.1 Å². The Morgan fingerprint density at radius 3 is 2.93 bits per heavy atom. The molecule has 3 N–H and O–H groups in total. The minimum Gasteiger partial charge on any atom is -0.347 e. The van der Waals surface area contributed by atoms with Crippen molar-refractivity contribution in [1.29, 1.82) is 0 Å². The molecule has 0 aromatic carbocycles. The summed E-state index contributed by atoms with van der Waals surface area (Å²) in [6.07, 6.45) is 0. The van der Waals surface area contributed by atoms with Crippen LogP contribution in [0.1, 0.15) is 30.0 Å². The van der Waals surface area contributed by atoms with Crippen LogP contribution in [0.5, 0.6) is 0 Å². The van der Waals surface area contributed by atoms with E-state index in [0.717, 1.165) is 5.69 Å². The molecule has 0 aliphatic heterocycles. The van der Waals surface area contributed by atoms with Crippen molar-refractivity contribution in [2.24, 2.45) is 5.73 Å². The second-order valence-corrected chi connectivity index (χ2v) is 3.60. The van der Waals surface area contributed by atoms with Crippen LogP contribution in [0.4, 0.5) is 0 Å². The molecule has 5 heteroatoms. The monoisotopic (exact) mass is 210 g/mol. The van der Waals surface area contributed by atoms with Crippen LogP contribution in [-0.4, -0.2) is 28.3 Å². The number of nitrogens with one attached hydrogen (secondary N) is 1. The lowest BCUT2D eigenvalue weighted by molar-refractivity contribution is 0.0930. The van der Waals surface area contributed by atoms with E-state index in [0.29, 0.717) is 18.8 Å². The van der Waals surface area contributed by atoms with Gasteiger partial charge in [0.15, 0.2) is 0 Å². The molecule has 5 nitrogen and oxygen atoms in total. The van der Waals surface area contributed by atoms with Gasteiger partial charge in [-0.1, -0.05) is 0 Å². The lowest BCUT2D eigenvalue weighted by atomic mass is 10.3. The SMILES string of the molecule is CCn1nc(C)cc1C(=O)NC(C)CN. The number of nitrogens with zero attached hydrogens (tertiary/aromatic N) is 2. The number of rotatable bonds is 4. The van der Waals surface area contributed by atoms with Crippen molar-refractivity contribution in [2.45, 2.75) is 33.4 Å². The Morgan fingerprint density at radius 2 is 2.40 bits per heavy atom. The number of nitrogens with two attached hydrogens (primary N) is 1. The number of aryl methyl sites for hydroxylation is 2. The van der Waals surface area contributed by atoms with Gasteiger partial charge in [-0.25, -0.2) is 0 Å². The van der Waals surface area contributed by atoms with Gasteiger partial charge in [0.1, 0.15) is 5.69 Å². The molecule has 0 bridgehead atoms. The van der Waals surface area contributed by atoms with Crippen molar-refractivity contribution < 1.29 is 4.79 Å². The molecule has 1 rings (SSSR count). The largest absolute Gasteiger partial charge is 0.347 e. The maximum Gasteiger partial charge on any atom is 0.269 e. The van der Waals surface area contributed by atoms with Crippen molar-refractivity contribution in [3.8, 4) is 0 Å². The van der Waals surface area contributed by atoms with Gasteiger partial charge in [0, 0.05) is 19.1 Å². The maximum absolute atomic E-state index is 11.8. The topological polar surface area (TPSA) is 72.9 Å². The Hall–Kier alpha value is -1.36. The van der Waals surface area contributed by atoms with E-state index >= 15 is 0 Å². The highest BCUT2D eigenvalue weighted by molar-refractivity contribution is 5.92. The standard InChI is InChI=1S/C10H18N4O/c1-4-14-9(5-7(2)13-14)10(15)12-8(3)6-11/h5,8H,4,6,11H2,1-3H3,(H,12,15). The van der Waals surface area contributed by atoms with E-state index in [1.807, 2.05) is 20.8 Å². The summed E-state index contributed by atoms with van der Waals surface area (Å²) in [6.45, 7) is 6.82. The fraction of sp³-hybridized carbons (Fsp3) is 0.600. The van der Waals surface area contributed by atoms with E-state index in [9.17, 15) is 4.79 Å². The Kier molecular flexibility index (Phi) is 3.85. The van der Waals surface area contributed by atoms with E-state index in [2.05, 4.69) is 10.4 Å². The van der Waals surface area contributed by atoms with E-state index in [1.165, 1.54) is 0 Å². The van der Waals surface area contributed by atoms with Crippen molar-refractivity contribution in [2.75, 3.05) is 6.54 Å². The highest BCUT2D eigenvalue weighted by Gasteiger charge is 2.14. The maximum atomic E-state index is 11.8. The lowest BCUT2D eigenvalue weighted by Crippen LogP contribution is -2.38. The third kappa shape index (κ3) is 2.79. The number of hydrogen-bond donors (Lipinski definition) is 2. The van der Waals surface area contributed by atoms with Crippen LogP contribution in [0.25, 0.3) is 0 Å². The highest BCUT2D eigenvalue weighted by Crippen LogP contribution is 2.03. The van der Waals surface area contributed by atoms with Gasteiger partial charge in [-0.2, -0.15) is 5.10 Å². The van der Waals surface area contributed by atoms with Crippen LogP contribution in [0, 0.1) is 6.92 Å². The van der Waals surface area contributed by atoms with E-state index in [1.54, 1.807) is 10.7 Å². The average molecular weight is 210 g/mol. The van der Waals surface area contributed by atoms with Gasteiger partial charge in [-0.15, -0.1) is 0 Å². The van der Waals surface area contributed by atoms with Crippen molar-refractivity contribution in [3.63, 3.8) is 0 Å². The van der Waals surface area contributed by atoms with Crippen LogP contribution in [0.2, 0.25) is 0 Å². The Morgan fingerprint density at radius 1 is 1.73 bits per heavy atom. The molecule has 0 saturated heterocycles. The summed E-state index contributed by atoms with van der Waals surface area (Å²) in [5, 5.41) is 7.02. The Bertz CT molecular complexity index is 345. The minimum atomic E-state index is -0.115. The molecule has 1 heterocycles. The lowest BCUT2D eigenvalue weighted by Gasteiger charge is -2.11. The number of carbonyl (C=O) groups is 1. The number of hydrogen-bond acceptors (Lipinski definition) is 3. The minimum absolute atomic E-state index is 0.0157. The first kappa shape index (κ1) is 11.7. The summed E-state index contributed by atoms with van der Waals surface area (Å²) >= 11 is 0. The summed E-state index contributed by atoms with van der Waals surface area (Å²) in [5.74, 6) is -0.115. The van der Waals surface area contributed by atoms with Gasteiger partial charge in [0.25, 0.3) is 5.91 Å². The zero-order valence-electron chi connectivity index (χ0n) is 9.45. The quantitative estimate of drug-likeness (QED) is 0.750. The van der Waals surface area contributed by atoms with Crippen LogP contribution in [-0.2, 0) is 6.54 Å². The normalized spacial score (nSPS) is 12.5. The molecule has 0 radical (unpaired) electrons. The fourth-order valence-electron chi connectivity index (χ4n) is 1.33. The van der Waals surface area contributed by atoms with E-state index in [4.69, 9.17) is 5.73 Å². The third-order valence-corrected chi connectivity index (χ3v) is 2.17. The van der Waals surface area contributed by atoms with Crippen LogP contribution in [0.3, 0.4) is 0 Å². The number of carbonyl (C=O) groups excluding carboxylic acids is 1. The molecule has 1 amide bonds. The molecule has 0 aliphatic carbocycles. The van der Waals surface area contributed by atoms with Gasteiger partial charge in [0.05, 0.1) is 5.69 Å².